The third-order valence-corrected chi connectivity index (χ3v) is 7.67. The summed E-state index contributed by atoms with van der Waals surface area (Å²) < 4.78 is 43.0. The van der Waals surface area contributed by atoms with Crippen molar-refractivity contribution in [3.8, 4) is 5.75 Å². The zero-order valence-corrected chi connectivity index (χ0v) is 22.0. The Kier molecular flexibility index (Phi) is 8.63. The van der Waals surface area contributed by atoms with Crippen molar-refractivity contribution >= 4 is 29.2 Å². The topological polar surface area (TPSA) is 99.5 Å². The molecule has 2 N–H and O–H groups in total. The average Bonchev–Trinajstić information content (AvgIpc) is 3.44. The Morgan fingerprint density at radius 1 is 1.15 bits per heavy atom. The van der Waals surface area contributed by atoms with Gasteiger partial charge in [0.05, 0.1) is 25.7 Å². The van der Waals surface area contributed by atoms with E-state index in [1.807, 2.05) is 42.5 Å². The van der Waals surface area contributed by atoms with E-state index < -0.39 is 18.2 Å². The van der Waals surface area contributed by atoms with E-state index in [-0.39, 0.29) is 24.0 Å². The second-order valence-corrected chi connectivity index (χ2v) is 10.4. The van der Waals surface area contributed by atoms with Crippen molar-refractivity contribution in [1.29, 1.82) is 0 Å². The van der Waals surface area contributed by atoms with Crippen molar-refractivity contribution in [2.24, 2.45) is 0 Å². The first-order valence-electron chi connectivity index (χ1n) is 12.5. The number of aliphatic carboxylic acids is 1. The van der Waals surface area contributed by atoms with Crippen molar-refractivity contribution < 1.29 is 42.4 Å². The molecule has 3 aliphatic heterocycles. The van der Waals surface area contributed by atoms with Crippen molar-refractivity contribution in [2.45, 2.75) is 49.6 Å². The summed E-state index contributed by atoms with van der Waals surface area (Å²) in [6, 6.07) is 13.8. The molecule has 0 bridgehead atoms. The van der Waals surface area contributed by atoms with Gasteiger partial charge in [-0.1, -0.05) is 29.8 Å². The second-order valence-electron chi connectivity index (χ2n) is 9.97. The fourth-order valence-electron chi connectivity index (χ4n) is 5.47. The Bertz CT molecular complexity index is 1200. The van der Waals surface area contributed by atoms with Crippen LogP contribution in [-0.4, -0.2) is 84.3 Å². The summed E-state index contributed by atoms with van der Waals surface area (Å²) in [5.41, 5.74) is 2.97. The van der Waals surface area contributed by atoms with Crippen LogP contribution in [-0.2, 0) is 27.2 Å². The molecule has 2 aromatic rings. The molecule has 2 atom stereocenters. The smallest absolute Gasteiger partial charge is 0.487 e. The number of carboxylic acid groups (broad SMARTS) is 1. The van der Waals surface area contributed by atoms with Crippen LogP contribution in [0.2, 0.25) is 5.02 Å². The van der Waals surface area contributed by atoms with E-state index in [9.17, 15) is 23.1 Å². The molecule has 5 rings (SSSR count). The predicted molar refractivity (Wildman–Crippen MR) is 137 cm³/mol. The van der Waals surface area contributed by atoms with Crippen molar-refractivity contribution in [2.75, 3.05) is 38.2 Å². The molecule has 39 heavy (non-hydrogen) atoms. The maximum atomic E-state index is 11.8. The van der Waals surface area contributed by atoms with Gasteiger partial charge in [-0.2, -0.15) is 13.2 Å². The number of nitrogens with zero attached hydrogens (tertiary/aromatic N) is 2. The van der Waals surface area contributed by atoms with Gasteiger partial charge in [0, 0.05) is 56.2 Å². The molecule has 3 aliphatic rings. The molecule has 0 amide bonds. The normalized spacial score (nSPS) is 22.1. The van der Waals surface area contributed by atoms with Crippen molar-refractivity contribution in [3.05, 3.63) is 58.6 Å². The number of aliphatic hydroxyl groups excluding tert-OH is 1. The molecule has 2 saturated heterocycles. The lowest BCUT2D eigenvalue weighted by atomic mass is 9.86. The Balaban J connectivity index is 0.000000448. The Labute approximate surface area is 228 Å². The number of fused-ring (bicyclic) bond motifs is 1. The molecule has 3 heterocycles. The number of esters is 1. The van der Waals surface area contributed by atoms with Crippen LogP contribution in [0, 0.1) is 0 Å². The molecule has 0 saturated carbocycles. The first kappa shape index (κ1) is 29.0. The Morgan fingerprint density at radius 3 is 2.46 bits per heavy atom. The zero-order valence-electron chi connectivity index (χ0n) is 21.3. The molecule has 1 unspecified atom stereocenters. The van der Waals surface area contributed by atoms with Crippen LogP contribution in [0.4, 0.5) is 18.9 Å². The number of ether oxygens (including phenoxy) is 2. The monoisotopic (exact) mass is 570 g/mol. The van der Waals surface area contributed by atoms with Gasteiger partial charge in [0.15, 0.2) is 0 Å². The molecule has 0 aromatic heterocycles. The lowest BCUT2D eigenvalue weighted by Crippen LogP contribution is -2.53. The van der Waals surface area contributed by atoms with Gasteiger partial charge in [-0.15, -0.1) is 0 Å². The maximum Gasteiger partial charge on any atom is 0.490 e. The highest BCUT2D eigenvalue weighted by Crippen LogP contribution is 2.42. The standard InChI is InChI=1S/C25H29ClN2O4.C2HF3O2/c1-31-24(30)13-17-4-2-3-5-20(17)28-15-21(22(29)16-28)27-10-8-25(9-11-27)14-18-12-19(26)6-7-23(18)32-25;3-2(4,5)1(6)7/h2-7,12,21-22,29H,8-11,13-16H2,1H3;(H,6,7)/t21?,22-;/m1./s1. The molecule has 0 radical (unpaired) electrons. The minimum atomic E-state index is -5.08. The van der Waals surface area contributed by atoms with Gasteiger partial charge < -0.3 is 24.6 Å². The number of hydrogen-bond acceptors (Lipinski definition) is 7. The maximum absolute atomic E-state index is 11.8. The Hall–Kier alpha value is -3.02. The summed E-state index contributed by atoms with van der Waals surface area (Å²) in [7, 11) is 1.41. The number of carboxylic acids is 1. The highest BCUT2D eigenvalue weighted by atomic mass is 35.5. The number of anilines is 1. The number of benzene rings is 2. The predicted octanol–water partition coefficient (Wildman–Crippen LogP) is 3.71. The van der Waals surface area contributed by atoms with Crippen LogP contribution in [0.3, 0.4) is 0 Å². The summed E-state index contributed by atoms with van der Waals surface area (Å²) in [5, 5.41) is 18.8. The van der Waals surface area contributed by atoms with Gasteiger partial charge in [-0.3, -0.25) is 9.69 Å². The number of likely N-dealkylation sites (tertiary alicyclic amines) is 1. The van der Waals surface area contributed by atoms with Gasteiger partial charge in [0.1, 0.15) is 11.4 Å². The van der Waals surface area contributed by atoms with Crippen LogP contribution >= 0.6 is 11.6 Å². The number of β-amino-alcohol motifs (C(OH)–C–C–N with tert-alkyl or cyclic N) is 1. The van der Waals surface area contributed by atoms with Crippen LogP contribution in [0.5, 0.6) is 5.75 Å². The van der Waals surface area contributed by atoms with E-state index in [1.54, 1.807) is 0 Å². The minimum Gasteiger partial charge on any atom is -0.487 e. The first-order chi connectivity index (χ1) is 18.4. The van der Waals surface area contributed by atoms with E-state index in [2.05, 4.69) is 9.80 Å². The number of piperidine rings is 1. The van der Waals surface area contributed by atoms with Gasteiger partial charge in [0.2, 0.25) is 0 Å². The summed E-state index contributed by atoms with van der Waals surface area (Å²) in [5.74, 6) is -2.06. The number of rotatable bonds is 4. The Morgan fingerprint density at radius 2 is 1.82 bits per heavy atom. The third kappa shape index (κ3) is 6.77. The lowest BCUT2D eigenvalue weighted by Gasteiger charge is -2.41. The van der Waals surface area contributed by atoms with Crippen LogP contribution < -0.4 is 9.64 Å². The van der Waals surface area contributed by atoms with Gasteiger partial charge >= 0.3 is 18.1 Å². The number of carbonyl (C=O) groups excluding carboxylic acids is 1. The zero-order chi connectivity index (χ0) is 28.4. The molecule has 1 spiro atoms. The van der Waals surface area contributed by atoms with Crippen molar-refractivity contribution in [3.63, 3.8) is 0 Å². The van der Waals surface area contributed by atoms with Crippen LogP contribution in [0.25, 0.3) is 0 Å². The minimum absolute atomic E-state index is 0.0664. The third-order valence-electron chi connectivity index (χ3n) is 7.44. The van der Waals surface area contributed by atoms with E-state index in [4.69, 9.17) is 31.0 Å². The molecular weight excluding hydrogens is 541 g/mol. The molecule has 12 heteroatoms. The summed E-state index contributed by atoms with van der Waals surface area (Å²) in [6.45, 7) is 3.08. The van der Waals surface area contributed by atoms with Gasteiger partial charge in [-0.05, 0) is 35.4 Å². The quantitative estimate of drug-likeness (QED) is 0.537. The first-order valence-corrected chi connectivity index (χ1v) is 12.9. The SMILES string of the molecule is COC(=O)Cc1ccccc1N1CC(N2CCC3(CC2)Cc2cc(Cl)ccc2O3)[C@H](O)C1.O=C(O)C(F)(F)F. The van der Waals surface area contributed by atoms with E-state index in [0.717, 1.165) is 60.9 Å². The van der Waals surface area contributed by atoms with Crippen LogP contribution in [0.15, 0.2) is 42.5 Å². The van der Waals surface area contributed by atoms with E-state index in [0.29, 0.717) is 6.54 Å². The average molecular weight is 571 g/mol. The number of methoxy groups -OCH3 is 1. The van der Waals surface area contributed by atoms with Gasteiger partial charge in [-0.25, -0.2) is 4.79 Å². The van der Waals surface area contributed by atoms with Crippen LogP contribution in [0.1, 0.15) is 24.0 Å². The number of alkyl halides is 3. The molecule has 0 aliphatic carbocycles. The highest BCUT2D eigenvalue weighted by Gasteiger charge is 2.45. The summed E-state index contributed by atoms with van der Waals surface area (Å²) in [4.78, 5) is 25.3. The fourth-order valence-corrected chi connectivity index (χ4v) is 5.66. The van der Waals surface area contributed by atoms with Crippen molar-refractivity contribution in [1.82, 2.24) is 4.90 Å². The van der Waals surface area contributed by atoms with E-state index in [1.165, 1.54) is 12.7 Å². The number of hydrogen-bond donors (Lipinski definition) is 2. The van der Waals surface area contributed by atoms with Gasteiger partial charge in [0.25, 0.3) is 0 Å². The molecule has 212 valence electrons. The number of halogens is 4. The highest BCUT2D eigenvalue weighted by molar-refractivity contribution is 6.30. The molecule has 8 nitrogen and oxygen atoms in total. The fraction of sp³-hybridized carbons (Fsp3) is 0.481. The summed E-state index contributed by atoms with van der Waals surface area (Å²) >= 11 is 6.17. The molecule has 2 fully saturated rings. The van der Waals surface area contributed by atoms with E-state index >= 15 is 0 Å². The molecular formula is C27H30ClF3N2O6. The number of para-hydroxylation sites is 1. The number of aliphatic hydroxyl groups is 1. The lowest BCUT2D eigenvalue weighted by molar-refractivity contribution is -0.192. The number of carbonyl (C=O) groups is 2. The largest absolute Gasteiger partial charge is 0.490 e. The molecule has 2 aromatic carbocycles. The summed E-state index contributed by atoms with van der Waals surface area (Å²) in [6.07, 6.45) is -2.52. The second kappa shape index (κ2) is 11.6.